The fourth-order valence-electron chi connectivity index (χ4n) is 0.408. The molecule has 0 aliphatic carbocycles. The third kappa shape index (κ3) is 2.32. The second kappa shape index (κ2) is 4.36. The first-order valence-corrected chi connectivity index (χ1v) is 5.58. The molecule has 58 valence electrons. The van der Waals surface area contributed by atoms with Gasteiger partial charge in [-0.25, -0.2) is 0 Å². The van der Waals surface area contributed by atoms with Gasteiger partial charge >= 0.3 is 59.6 Å². The van der Waals surface area contributed by atoms with Gasteiger partial charge in [0.15, 0.2) is 0 Å². The second-order valence-electron chi connectivity index (χ2n) is 1.07. The number of hydrogen-bond acceptors (Lipinski definition) is 4. The van der Waals surface area contributed by atoms with E-state index in [2.05, 4.69) is 0 Å². The summed E-state index contributed by atoms with van der Waals surface area (Å²) in [5, 5.41) is 0. The van der Waals surface area contributed by atoms with Gasteiger partial charge in [0.25, 0.3) is 0 Å². The van der Waals surface area contributed by atoms with Crippen LogP contribution in [0.5, 0.6) is 0 Å². The molecule has 5 heteroatoms. The van der Waals surface area contributed by atoms with Crippen LogP contribution < -0.4 is 0 Å². The van der Waals surface area contributed by atoms with Crippen LogP contribution in [-0.4, -0.2) is 28.4 Å². The van der Waals surface area contributed by atoms with E-state index in [1.807, 2.05) is 0 Å². The summed E-state index contributed by atoms with van der Waals surface area (Å²) in [6.45, 7) is 0. The molecule has 0 fully saturated rings. The van der Waals surface area contributed by atoms with Crippen molar-refractivity contribution in [1.29, 1.82) is 0 Å². The number of rotatable bonds is 4. The van der Waals surface area contributed by atoms with E-state index in [-0.39, 0.29) is 0 Å². The molecule has 0 saturated carbocycles. The Morgan fingerprint density at radius 2 is 0.889 bits per heavy atom. The van der Waals surface area contributed by atoms with Crippen LogP contribution in [-0.2, 0) is 31.1 Å². The van der Waals surface area contributed by atoms with E-state index in [1.54, 1.807) is 0 Å². The van der Waals surface area contributed by atoms with Crippen LogP contribution in [0.15, 0.2) is 0 Å². The summed E-state index contributed by atoms with van der Waals surface area (Å²) in [4.78, 5) is 0. The van der Waals surface area contributed by atoms with E-state index in [9.17, 15) is 0 Å². The average Bonchev–Trinajstić information content (AvgIpc) is 1.95. The second-order valence-corrected chi connectivity index (χ2v) is 6.36. The van der Waals surface area contributed by atoms with Crippen LogP contribution >= 0.6 is 0 Å². The van der Waals surface area contributed by atoms with Crippen molar-refractivity contribution in [2.45, 2.75) is 0 Å². The van der Waals surface area contributed by atoms with Gasteiger partial charge in [0, 0.05) is 0 Å². The van der Waals surface area contributed by atoms with Crippen LogP contribution in [0.2, 0.25) is 0 Å². The third-order valence-electron chi connectivity index (χ3n) is 0.816. The van der Waals surface area contributed by atoms with Gasteiger partial charge in [0.2, 0.25) is 0 Å². The van der Waals surface area contributed by atoms with Crippen molar-refractivity contribution in [2.75, 3.05) is 28.4 Å². The molecule has 0 atom stereocenters. The van der Waals surface area contributed by atoms with Gasteiger partial charge in [-0.1, -0.05) is 0 Å². The van der Waals surface area contributed by atoms with Gasteiger partial charge in [-0.2, -0.15) is 0 Å². The normalized spacial score (nSPS) is 13.8. The third-order valence-corrected chi connectivity index (χ3v) is 4.83. The Morgan fingerprint density at radius 3 is 0.889 bits per heavy atom. The van der Waals surface area contributed by atoms with Crippen molar-refractivity contribution in [3.63, 3.8) is 0 Å². The summed E-state index contributed by atoms with van der Waals surface area (Å²) >= 11 is -3.19. The molecule has 0 unspecified atom stereocenters. The summed E-state index contributed by atoms with van der Waals surface area (Å²) < 4.78 is 19.6. The minimum atomic E-state index is -3.19. The van der Waals surface area contributed by atoms with Gasteiger partial charge in [0.1, 0.15) is 0 Å². The molecule has 9 heavy (non-hydrogen) atoms. The minimum absolute atomic E-state index is 1.51. The predicted molar refractivity (Wildman–Crippen MR) is 28.0 cm³/mol. The van der Waals surface area contributed by atoms with E-state index in [0.29, 0.717) is 0 Å². The summed E-state index contributed by atoms with van der Waals surface area (Å²) in [6, 6.07) is 0. The molecule has 0 radical (unpaired) electrons. The van der Waals surface area contributed by atoms with Crippen LogP contribution in [0.3, 0.4) is 0 Å². The fourth-order valence-corrected chi connectivity index (χ4v) is 2.42. The van der Waals surface area contributed by atoms with Crippen molar-refractivity contribution >= 4 is 0 Å². The molecule has 0 aromatic carbocycles. The Morgan fingerprint density at radius 1 is 0.667 bits per heavy atom. The van der Waals surface area contributed by atoms with Gasteiger partial charge in [-0.15, -0.1) is 0 Å². The molecule has 0 aromatic rings. The molecule has 4 nitrogen and oxygen atoms in total. The standard InChI is InChI=1S/4CH3O.Mo/c4*1-2;/h4*1H3;/q4*-1;+4. The molecular weight excluding hydrogens is 208 g/mol. The summed E-state index contributed by atoms with van der Waals surface area (Å²) in [5.74, 6) is 0. The van der Waals surface area contributed by atoms with E-state index in [1.165, 1.54) is 28.4 Å². The molecule has 0 heterocycles. The molecule has 0 bridgehead atoms. The SMILES string of the molecule is C[O][Mo]([O]C)([O]C)[O]C. The Balaban J connectivity index is 3.82. The molecule has 0 saturated heterocycles. The monoisotopic (exact) mass is 222 g/mol. The summed E-state index contributed by atoms with van der Waals surface area (Å²) in [7, 11) is 6.05. The maximum absolute atomic E-state index is 4.91. The molecule has 0 rings (SSSR count). The topological polar surface area (TPSA) is 36.9 Å². The van der Waals surface area contributed by atoms with Gasteiger partial charge in [0.05, 0.1) is 0 Å². The van der Waals surface area contributed by atoms with Gasteiger partial charge < -0.3 is 0 Å². The first kappa shape index (κ1) is 9.53. The van der Waals surface area contributed by atoms with Crippen molar-refractivity contribution in [2.24, 2.45) is 0 Å². The Hall–Kier alpha value is 0.528. The van der Waals surface area contributed by atoms with Crippen LogP contribution in [0, 0.1) is 0 Å². The summed E-state index contributed by atoms with van der Waals surface area (Å²) in [6.07, 6.45) is 0. The molecule has 0 N–H and O–H groups in total. The van der Waals surface area contributed by atoms with Crippen LogP contribution in [0.25, 0.3) is 0 Å². The number of hydrogen-bond donors (Lipinski definition) is 0. The van der Waals surface area contributed by atoms with E-state index in [0.717, 1.165) is 0 Å². The van der Waals surface area contributed by atoms with E-state index in [4.69, 9.17) is 13.6 Å². The van der Waals surface area contributed by atoms with Crippen LogP contribution in [0.1, 0.15) is 0 Å². The van der Waals surface area contributed by atoms with Crippen molar-refractivity contribution in [1.82, 2.24) is 0 Å². The molecule has 0 aliphatic rings. The molecule has 0 amide bonds. The van der Waals surface area contributed by atoms with Gasteiger partial charge in [-0.3, -0.25) is 0 Å². The molecule has 0 aliphatic heterocycles. The van der Waals surface area contributed by atoms with E-state index < -0.39 is 17.6 Å². The van der Waals surface area contributed by atoms with Crippen LogP contribution in [0.4, 0.5) is 0 Å². The fraction of sp³-hybridized carbons (Fsp3) is 1.00. The zero-order chi connectivity index (χ0) is 7.33. The summed E-state index contributed by atoms with van der Waals surface area (Å²) in [5.41, 5.74) is 0. The molecule has 0 aromatic heterocycles. The van der Waals surface area contributed by atoms with Gasteiger partial charge in [-0.05, 0) is 0 Å². The quantitative estimate of drug-likeness (QED) is 0.642. The van der Waals surface area contributed by atoms with E-state index >= 15 is 0 Å². The Bertz CT molecular complexity index is 55.5. The van der Waals surface area contributed by atoms with Crippen molar-refractivity contribution in [3.05, 3.63) is 0 Å². The molecular formula is C4H12MoO4. The van der Waals surface area contributed by atoms with Crippen molar-refractivity contribution in [3.8, 4) is 0 Å². The Labute approximate surface area is 60.1 Å². The maximum atomic E-state index is 4.91. The Kier molecular flexibility index (Phi) is 4.62. The average molecular weight is 220 g/mol. The molecule has 0 spiro atoms. The first-order chi connectivity index (χ1) is 4.24. The zero-order valence-electron chi connectivity index (χ0n) is 6.04. The predicted octanol–water partition coefficient (Wildman–Crippen LogP) is 0.386. The van der Waals surface area contributed by atoms with Crippen molar-refractivity contribution < 1.29 is 31.1 Å². The zero-order valence-corrected chi connectivity index (χ0v) is 8.05. The first-order valence-electron chi connectivity index (χ1n) is 2.30.